The zero-order valence-corrected chi connectivity index (χ0v) is 12.4. The summed E-state index contributed by atoms with van der Waals surface area (Å²) < 4.78 is 0. The maximum Gasteiger partial charge on any atom is 0.251 e. The highest BCUT2D eigenvalue weighted by molar-refractivity contribution is 5.94. The van der Waals surface area contributed by atoms with E-state index in [1.807, 2.05) is 25.1 Å². The molecule has 0 aliphatic heterocycles. The van der Waals surface area contributed by atoms with Gasteiger partial charge in [0.1, 0.15) is 0 Å². The second-order valence-corrected chi connectivity index (χ2v) is 4.69. The van der Waals surface area contributed by atoms with Gasteiger partial charge in [-0.25, -0.2) is 0 Å². The number of benzene rings is 1. The van der Waals surface area contributed by atoms with Crippen LogP contribution in [0.2, 0.25) is 0 Å². The van der Waals surface area contributed by atoms with E-state index in [4.69, 9.17) is 0 Å². The van der Waals surface area contributed by atoms with Gasteiger partial charge in [0, 0.05) is 41.1 Å². The number of carbonyl (C=O) groups is 1. The molecule has 3 rings (SSSR count). The summed E-state index contributed by atoms with van der Waals surface area (Å²) in [6.07, 6.45) is 3.23. The first-order valence-electron chi connectivity index (χ1n) is 6.50. The SMILES string of the molecule is Cc1[nH]c2ccccc2c1CNC(=O)c1ccncc1.Cl. The Morgan fingerprint density at radius 1 is 1.19 bits per heavy atom. The number of H-pyrrole nitrogens is 1. The van der Waals surface area contributed by atoms with Crippen molar-refractivity contribution in [3.05, 3.63) is 65.6 Å². The number of nitrogens with one attached hydrogen (secondary N) is 2. The predicted octanol–water partition coefficient (Wildman–Crippen LogP) is 3.22. The number of fused-ring (bicyclic) bond motifs is 1. The lowest BCUT2D eigenvalue weighted by Gasteiger charge is -2.05. The van der Waals surface area contributed by atoms with E-state index >= 15 is 0 Å². The van der Waals surface area contributed by atoms with E-state index in [-0.39, 0.29) is 18.3 Å². The van der Waals surface area contributed by atoms with Crippen molar-refractivity contribution in [3.63, 3.8) is 0 Å². The zero-order chi connectivity index (χ0) is 13.9. The summed E-state index contributed by atoms with van der Waals surface area (Å²) in [6.45, 7) is 2.53. The molecule has 0 bridgehead atoms. The quantitative estimate of drug-likeness (QED) is 0.780. The van der Waals surface area contributed by atoms with Gasteiger partial charge in [-0.15, -0.1) is 12.4 Å². The van der Waals surface area contributed by atoms with E-state index in [9.17, 15) is 4.79 Å². The molecule has 2 aromatic heterocycles. The molecule has 21 heavy (non-hydrogen) atoms. The van der Waals surface area contributed by atoms with Crippen molar-refractivity contribution < 1.29 is 4.79 Å². The van der Waals surface area contributed by atoms with Gasteiger partial charge in [0.2, 0.25) is 0 Å². The zero-order valence-electron chi connectivity index (χ0n) is 11.6. The number of pyridine rings is 1. The molecule has 0 aliphatic rings. The normalized spacial score (nSPS) is 10.1. The molecule has 0 fully saturated rings. The van der Waals surface area contributed by atoms with E-state index in [1.54, 1.807) is 24.5 Å². The van der Waals surface area contributed by atoms with E-state index in [1.165, 1.54) is 0 Å². The number of aromatic nitrogens is 2. The summed E-state index contributed by atoms with van der Waals surface area (Å²) in [4.78, 5) is 19.3. The third kappa shape index (κ3) is 3.06. The molecule has 0 aliphatic carbocycles. The molecule has 0 spiro atoms. The van der Waals surface area contributed by atoms with Crippen LogP contribution in [0.1, 0.15) is 21.6 Å². The van der Waals surface area contributed by atoms with E-state index < -0.39 is 0 Å². The lowest BCUT2D eigenvalue weighted by molar-refractivity contribution is 0.0951. The van der Waals surface area contributed by atoms with Crippen molar-refractivity contribution in [3.8, 4) is 0 Å². The minimum absolute atomic E-state index is 0. The Labute approximate surface area is 129 Å². The molecular formula is C16H16ClN3O. The van der Waals surface area contributed by atoms with Crippen molar-refractivity contribution >= 4 is 29.2 Å². The van der Waals surface area contributed by atoms with Gasteiger partial charge in [-0.3, -0.25) is 9.78 Å². The van der Waals surface area contributed by atoms with Crippen molar-refractivity contribution in [1.82, 2.24) is 15.3 Å². The Hall–Kier alpha value is -2.33. The highest BCUT2D eigenvalue weighted by Crippen LogP contribution is 2.21. The highest BCUT2D eigenvalue weighted by atomic mass is 35.5. The smallest absolute Gasteiger partial charge is 0.251 e. The van der Waals surface area contributed by atoms with Crippen LogP contribution in [-0.2, 0) is 6.54 Å². The molecule has 3 aromatic rings. The molecule has 2 heterocycles. The number of rotatable bonds is 3. The molecule has 0 radical (unpaired) electrons. The Kier molecular flexibility index (Phi) is 4.60. The molecule has 2 N–H and O–H groups in total. The Bertz CT molecular complexity index is 753. The number of halogens is 1. The molecule has 4 nitrogen and oxygen atoms in total. The van der Waals surface area contributed by atoms with E-state index in [0.717, 1.165) is 22.2 Å². The Morgan fingerprint density at radius 2 is 1.90 bits per heavy atom. The van der Waals surface area contributed by atoms with Crippen LogP contribution in [0.4, 0.5) is 0 Å². The number of para-hydroxylation sites is 1. The minimum atomic E-state index is -0.0860. The fraction of sp³-hybridized carbons (Fsp3) is 0.125. The fourth-order valence-corrected chi connectivity index (χ4v) is 2.34. The van der Waals surface area contributed by atoms with Gasteiger partial charge >= 0.3 is 0 Å². The topological polar surface area (TPSA) is 57.8 Å². The fourth-order valence-electron chi connectivity index (χ4n) is 2.34. The van der Waals surface area contributed by atoms with Gasteiger partial charge in [0.15, 0.2) is 0 Å². The van der Waals surface area contributed by atoms with Crippen molar-refractivity contribution in [1.29, 1.82) is 0 Å². The van der Waals surface area contributed by atoms with Gasteiger partial charge in [-0.05, 0) is 30.7 Å². The van der Waals surface area contributed by atoms with Gasteiger partial charge in [0.25, 0.3) is 5.91 Å². The molecule has 0 atom stereocenters. The summed E-state index contributed by atoms with van der Waals surface area (Å²) in [6, 6.07) is 11.5. The highest BCUT2D eigenvalue weighted by Gasteiger charge is 2.10. The summed E-state index contributed by atoms with van der Waals surface area (Å²) in [7, 11) is 0. The van der Waals surface area contributed by atoms with Crippen molar-refractivity contribution in [2.75, 3.05) is 0 Å². The Morgan fingerprint density at radius 3 is 2.67 bits per heavy atom. The first-order valence-corrected chi connectivity index (χ1v) is 6.50. The second-order valence-electron chi connectivity index (χ2n) is 4.69. The number of amides is 1. The summed E-state index contributed by atoms with van der Waals surface area (Å²) in [5.41, 5.74) is 3.93. The minimum Gasteiger partial charge on any atom is -0.358 e. The first kappa shape index (κ1) is 15.1. The van der Waals surface area contributed by atoms with Crippen molar-refractivity contribution in [2.24, 2.45) is 0 Å². The lowest BCUT2D eigenvalue weighted by Crippen LogP contribution is -2.23. The molecular weight excluding hydrogens is 286 g/mol. The molecule has 0 saturated carbocycles. The number of hydrogen-bond donors (Lipinski definition) is 2. The van der Waals surface area contributed by atoms with Crippen LogP contribution < -0.4 is 5.32 Å². The van der Waals surface area contributed by atoms with Crippen LogP contribution in [0.15, 0.2) is 48.8 Å². The maximum absolute atomic E-state index is 12.0. The van der Waals surface area contributed by atoms with E-state index in [2.05, 4.69) is 21.4 Å². The third-order valence-electron chi connectivity index (χ3n) is 3.40. The summed E-state index contributed by atoms with van der Waals surface area (Å²) in [5.74, 6) is -0.0860. The van der Waals surface area contributed by atoms with Crippen LogP contribution in [0.25, 0.3) is 10.9 Å². The predicted molar refractivity (Wildman–Crippen MR) is 85.7 cm³/mol. The third-order valence-corrected chi connectivity index (χ3v) is 3.40. The van der Waals surface area contributed by atoms with Gasteiger partial charge in [-0.1, -0.05) is 18.2 Å². The molecule has 0 unspecified atom stereocenters. The monoisotopic (exact) mass is 301 g/mol. The molecule has 5 heteroatoms. The summed E-state index contributed by atoms with van der Waals surface area (Å²) >= 11 is 0. The largest absolute Gasteiger partial charge is 0.358 e. The Balaban J connectivity index is 0.00000161. The van der Waals surface area contributed by atoms with E-state index in [0.29, 0.717) is 12.1 Å². The van der Waals surface area contributed by atoms with Gasteiger partial charge in [-0.2, -0.15) is 0 Å². The lowest BCUT2D eigenvalue weighted by atomic mass is 10.1. The molecule has 1 amide bonds. The van der Waals surface area contributed by atoms with Gasteiger partial charge in [0.05, 0.1) is 0 Å². The molecule has 0 saturated heterocycles. The van der Waals surface area contributed by atoms with Crippen LogP contribution >= 0.6 is 12.4 Å². The number of aromatic amines is 1. The van der Waals surface area contributed by atoms with Gasteiger partial charge < -0.3 is 10.3 Å². The number of hydrogen-bond acceptors (Lipinski definition) is 2. The number of aryl methyl sites for hydroxylation is 1. The number of nitrogens with zero attached hydrogens (tertiary/aromatic N) is 1. The van der Waals surface area contributed by atoms with Crippen molar-refractivity contribution in [2.45, 2.75) is 13.5 Å². The van der Waals surface area contributed by atoms with Crippen LogP contribution in [-0.4, -0.2) is 15.9 Å². The maximum atomic E-state index is 12.0. The first-order chi connectivity index (χ1) is 9.75. The molecule has 108 valence electrons. The number of carbonyl (C=O) groups excluding carboxylic acids is 1. The average Bonchev–Trinajstić information content (AvgIpc) is 2.81. The van der Waals surface area contributed by atoms with Crippen LogP contribution in [0.3, 0.4) is 0 Å². The average molecular weight is 302 g/mol. The molecule has 1 aromatic carbocycles. The van der Waals surface area contributed by atoms with Crippen LogP contribution in [0.5, 0.6) is 0 Å². The van der Waals surface area contributed by atoms with Crippen LogP contribution in [0, 0.1) is 6.92 Å². The second kappa shape index (κ2) is 6.41. The summed E-state index contributed by atoms with van der Waals surface area (Å²) in [5, 5.41) is 4.10. The standard InChI is InChI=1S/C16H15N3O.ClH/c1-11-14(13-4-2-3-5-15(13)19-11)10-18-16(20)12-6-8-17-9-7-12;/h2-9,19H,10H2,1H3,(H,18,20);1H.